The second-order valence-electron chi connectivity index (χ2n) is 9.21. The molecule has 188 valence electrons. The molecule has 11 heteroatoms. The third kappa shape index (κ3) is 3.62. The Bertz CT molecular complexity index is 1380. The molecule has 1 saturated carbocycles. The smallest absolute Gasteiger partial charge is 0.257 e. The first-order chi connectivity index (χ1) is 17.6. The van der Waals surface area contributed by atoms with Crippen molar-refractivity contribution in [3.05, 3.63) is 42.4 Å². The van der Waals surface area contributed by atoms with Crippen molar-refractivity contribution < 1.29 is 19.0 Å². The van der Waals surface area contributed by atoms with Gasteiger partial charge in [0.1, 0.15) is 23.3 Å². The number of ether oxygens (including phenoxy) is 3. The Labute approximate surface area is 208 Å². The molecule has 0 aromatic carbocycles. The summed E-state index contributed by atoms with van der Waals surface area (Å²) in [6.07, 6.45) is 7.24. The van der Waals surface area contributed by atoms with Gasteiger partial charge in [-0.3, -0.25) is 4.79 Å². The normalized spacial score (nSPS) is 23.8. The van der Waals surface area contributed by atoms with E-state index in [1.807, 2.05) is 37.6 Å². The van der Waals surface area contributed by atoms with E-state index in [1.165, 1.54) is 0 Å². The van der Waals surface area contributed by atoms with Crippen molar-refractivity contribution >= 4 is 17.4 Å². The quantitative estimate of drug-likeness (QED) is 0.404. The number of pyridine rings is 1. The molecule has 1 saturated heterocycles. The molecule has 2 fully saturated rings. The molecule has 0 bridgehead atoms. The number of hydrogen-bond acceptors (Lipinski definition) is 8. The predicted octanol–water partition coefficient (Wildman–Crippen LogP) is 2.23. The van der Waals surface area contributed by atoms with Gasteiger partial charge in [-0.25, -0.2) is 9.97 Å². The maximum atomic E-state index is 13.1. The predicted molar refractivity (Wildman–Crippen MR) is 132 cm³/mol. The molecule has 1 amide bonds. The van der Waals surface area contributed by atoms with Crippen molar-refractivity contribution in [1.82, 2.24) is 29.5 Å². The highest BCUT2D eigenvalue weighted by molar-refractivity contribution is 6.00. The summed E-state index contributed by atoms with van der Waals surface area (Å²) in [6, 6.07) is 5.98. The van der Waals surface area contributed by atoms with Crippen LogP contribution in [0.25, 0.3) is 28.3 Å². The third-order valence-corrected chi connectivity index (χ3v) is 7.34. The van der Waals surface area contributed by atoms with E-state index < -0.39 is 0 Å². The number of methoxy groups -OCH3 is 2. The minimum Gasteiger partial charge on any atom is -0.379 e. The van der Waals surface area contributed by atoms with Gasteiger partial charge < -0.3 is 29.4 Å². The maximum Gasteiger partial charge on any atom is 0.257 e. The lowest BCUT2D eigenvalue weighted by molar-refractivity contribution is 0.00732. The molecule has 0 spiro atoms. The number of nitrogens with zero attached hydrogens (tertiary/aromatic N) is 5. The summed E-state index contributed by atoms with van der Waals surface area (Å²) in [5.74, 6) is 1.34. The molecule has 0 unspecified atom stereocenters. The largest absolute Gasteiger partial charge is 0.379 e. The summed E-state index contributed by atoms with van der Waals surface area (Å²) in [5.41, 5.74) is 3.42. The molecule has 2 aromatic heterocycles. The van der Waals surface area contributed by atoms with Gasteiger partial charge in [0, 0.05) is 50.9 Å². The molecule has 0 radical (unpaired) electrons. The SMILES string of the molecule is CNc1cc(-c2cnc3n([C@H]4COC[C@@H]4OC)cccc2-3)nc2c(C(=O)N[C@@H]3CC[C@H]3OC)cnn12. The van der Waals surface area contributed by atoms with E-state index in [1.54, 1.807) is 24.9 Å². The Hall–Kier alpha value is -3.54. The summed E-state index contributed by atoms with van der Waals surface area (Å²) in [7, 11) is 5.19. The van der Waals surface area contributed by atoms with Crippen LogP contribution in [0.1, 0.15) is 29.2 Å². The van der Waals surface area contributed by atoms with Gasteiger partial charge in [-0.1, -0.05) is 0 Å². The Balaban J connectivity index is 1.38. The second-order valence-corrected chi connectivity index (χ2v) is 9.21. The fraction of sp³-hybridized carbons (Fsp3) is 0.440. The van der Waals surface area contributed by atoms with E-state index in [4.69, 9.17) is 24.2 Å². The van der Waals surface area contributed by atoms with Gasteiger partial charge >= 0.3 is 0 Å². The lowest BCUT2D eigenvalue weighted by Gasteiger charge is -2.35. The molecule has 2 aromatic rings. The zero-order valence-corrected chi connectivity index (χ0v) is 20.5. The fourth-order valence-corrected chi connectivity index (χ4v) is 5.14. The standard InChI is InChI=1S/C25H29N7O4/c1-26-22-9-18(29-24-16(11-28-32(22)24)25(33)30-17-6-7-20(17)34-2)15-10-27-23-14(15)5-4-8-31(23)19-12-36-13-21(19)35-3/h4-5,8-11,17,19-21,26H,6-7,12-13H2,1-3H3,(H,30,33)/t17-,19+,20-,21+/m1/s1. The van der Waals surface area contributed by atoms with Gasteiger partial charge in [-0.15, -0.1) is 0 Å². The Morgan fingerprint density at radius 3 is 2.75 bits per heavy atom. The Kier molecular flexibility index (Phi) is 5.82. The van der Waals surface area contributed by atoms with Crippen molar-refractivity contribution in [2.24, 2.45) is 0 Å². The Morgan fingerprint density at radius 1 is 1.14 bits per heavy atom. The molecule has 4 atom stereocenters. The monoisotopic (exact) mass is 491 g/mol. The second kappa shape index (κ2) is 9.16. The summed E-state index contributed by atoms with van der Waals surface area (Å²) in [6.45, 7) is 1.12. The lowest BCUT2D eigenvalue weighted by Crippen LogP contribution is -2.51. The molecule has 3 aliphatic heterocycles. The lowest BCUT2D eigenvalue weighted by atomic mass is 9.89. The van der Waals surface area contributed by atoms with Crippen molar-refractivity contribution in [3.8, 4) is 22.6 Å². The molecule has 4 aliphatic rings. The van der Waals surface area contributed by atoms with Crippen LogP contribution < -0.4 is 10.6 Å². The molecular weight excluding hydrogens is 462 g/mol. The van der Waals surface area contributed by atoms with Gasteiger partial charge in [-0.2, -0.15) is 9.61 Å². The highest BCUT2D eigenvalue weighted by Crippen LogP contribution is 2.37. The van der Waals surface area contributed by atoms with E-state index in [0.29, 0.717) is 35.9 Å². The van der Waals surface area contributed by atoms with Crippen LogP contribution in [0.15, 0.2) is 36.8 Å². The first-order valence-corrected chi connectivity index (χ1v) is 12.1. The highest BCUT2D eigenvalue weighted by atomic mass is 16.5. The third-order valence-electron chi connectivity index (χ3n) is 7.34. The molecule has 36 heavy (non-hydrogen) atoms. The van der Waals surface area contributed by atoms with Crippen LogP contribution in [0.3, 0.4) is 0 Å². The average Bonchev–Trinajstić information content (AvgIpc) is 3.63. The number of aromatic nitrogens is 5. The van der Waals surface area contributed by atoms with Crippen LogP contribution in [0.4, 0.5) is 5.82 Å². The number of nitrogens with one attached hydrogen (secondary N) is 2. The number of hydrogen-bond donors (Lipinski definition) is 2. The van der Waals surface area contributed by atoms with Gasteiger partial charge in [0.2, 0.25) is 0 Å². The first-order valence-electron chi connectivity index (χ1n) is 12.1. The van der Waals surface area contributed by atoms with E-state index in [9.17, 15) is 4.79 Å². The van der Waals surface area contributed by atoms with Crippen LogP contribution in [0.5, 0.6) is 0 Å². The van der Waals surface area contributed by atoms with Gasteiger partial charge in [0.25, 0.3) is 5.91 Å². The van der Waals surface area contributed by atoms with Crippen molar-refractivity contribution in [2.45, 2.75) is 37.1 Å². The van der Waals surface area contributed by atoms with Crippen LogP contribution in [0, 0.1) is 0 Å². The van der Waals surface area contributed by atoms with Gasteiger partial charge in [0.05, 0.1) is 43.3 Å². The maximum absolute atomic E-state index is 13.1. The minimum absolute atomic E-state index is 0.00133. The van der Waals surface area contributed by atoms with Crippen molar-refractivity contribution in [3.63, 3.8) is 0 Å². The number of carbonyl (C=O) groups is 1. The van der Waals surface area contributed by atoms with Crippen LogP contribution in [-0.2, 0) is 14.2 Å². The van der Waals surface area contributed by atoms with E-state index >= 15 is 0 Å². The fourth-order valence-electron chi connectivity index (χ4n) is 5.14. The van der Waals surface area contributed by atoms with Crippen LogP contribution in [-0.4, -0.2) is 82.8 Å². The summed E-state index contributed by atoms with van der Waals surface area (Å²) in [5, 5.41) is 10.7. The first kappa shape index (κ1) is 22.9. The van der Waals surface area contributed by atoms with Crippen molar-refractivity contribution in [2.75, 3.05) is 39.8 Å². The molecule has 11 nitrogen and oxygen atoms in total. The minimum atomic E-state index is -0.210. The molecular formula is C25H29N7O4. The summed E-state index contributed by atoms with van der Waals surface area (Å²) < 4.78 is 20.5. The average molecular weight is 492 g/mol. The highest BCUT2D eigenvalue weighted by Gasteiger charge is 2.34. The van der Waals surface area contributed by atoms with Crippen LogP contribution in [0.2, 0.25) is 0 Å². The number of fused-ring (bicyclic) bond motifs is 2. The molecule has 5 heterocycles. The number of carbonyl (C=O) groups excluding carboxylic acids is 1. The molecule has 1 aliphatic carbocycles. The zero-order valence-electron chi connectivity index (χ0n) is 20.5. The number of rotatable bonds is 7. The number of amides is 1. The topological polar surface area (TPSA) is 117 Å². The Morgan fingerprint density at radius 2 is 2.00 bits per heavy atom. The summed E-state index contributed by atoms with van der Waals surface area (Å²) >= 11 is 0. The van der Waals surface area contributed by atoms with Crippen molar-refractivity contribution in [1.29, 1.82) is 0 Å². The van der Waals surface area contributed by atoms with E-state index in [0.717, 1.165) is 29.8 Å². The van der Waals surface area contributed by atoms with Gasteiger partial charge in [-0.05, 0) is 25.0 Å². The molecule has 2 N–H and O–H groups in total. The summed E-state index contributed by atoms with van der Waals surface area (Å²) in [4.78, 5) is 22.7. The van der Waals surface area contributed by atoms with E-state index in [-0.39, 0.29) is 30.2 Å². The zero-order chi connectivity index (χ0) is 24.8. The number of anilines is 1. The van der Waals surface area contributed by atoms with Crippen LogP contribution >= 0.6 is 0 Å². The van der Waals surface area contributed by atoms with E-state index in [2.05, 4.69) is 20.3 Å². The van der Waals surface area contributed by atoms with Gasteiger partial charge in [0.15, 0.2) is 5.65 Å². The molecule has 6 rings (SSSR count).